The fourth-order valence-electron chi connectivity index (χ4n) is 0.866. The largest absolute Gasteiger partial charge is 0.323 e. The first-order valence-electron chi connectivity index (χ1n) is 3.40. The van der Waals surface area contributed by atoms with Crippen molar-refractivity contribution in [2.24, 2.45) is 0 Å². The van der Waals surface area contributed by atoms with Gasteiger partial charge in [0.1, 0.15) is 11.5 Å². The Bertz CT molecular complexity index is 397. The van der Waals surface area contributed by atoms with Crippen LogP contribution in [0.2, 0.25) is 5.02 Å². The minimum atomic E-state index is -0.908. The van der Waals surface area contributed by atoms with Gasteiger partial charge in [-0.2, -0.15) is 0 Å². The number of amides is 1. The fraction of sp³-hybridized carbons (Fsp3) is 0. The Hall–Kier alpha value is -1.69. The summed E-state index contributed by atoms with van der Waals surface area (Å²) in [5, 5.41) is 12.2. The second-order valence-corrected chi connectivity index (χ2v) is 2.71. The molecule has 0 aromatic heterocycles. The van der Waals surface area contributed by atoms with Crippen molar-refractivity contribution in [3.8, 4) is 0 Å². The molecule has 0 heterocycles. The number of carbonyl (C=O) groups excluding carboxylic acids is 1. The summed E-state index contributed by atoms with van der Waals surface area (Å²) >= 11 is 5.37. The highest BCUT2D eigenvalue weighted by molar-refractivity contribution is 6.31. The summed E-state index contributed by atoms with van der Waals surface area (Å²) in [6.45, 7) is 0. The van der Waals surface area contributed by atoms with Gasteiger partial charge in [0.15, 0.2) is 0 Å². The second-order valence-electron chi connectivity index (χ2n) is 2.30. The van der Waals surface area contributed by atoms with Crippen LogP contribution in [-0.4, -0.2) is 11.3 Å². The van der Waals surface area contributed by atoms with Gasteiger partial charge in [-0.3, -0.25) is 14.9 Å². The molecule has 0 unspecified atom stereocenters. The van der Waals surface area contributed by atoms with Crippen LogP contribution in [0.3, 0.4) is 0 Å². The Morgan fingerprint density at radius 3 is 2.71 bits per heavy atom. The van der Waals surface area contributed by atoms with E-state index < -0.39 is 16.4 Å². The third-order valence-corrected chi connectivity index (χ3v) is 1.74. The number of anilines is 1. The molecular weight excluding hydrogens is 215 g/mol. The van der Waals surface area contributed by atoms with E-state index in [2.05, 4.69) is 5.32 Å². The first-order valence-corrected chi connectivity index (χ1v) is 3.77. The maximum Gasteiger partial charge on any atom is 0.295 e. The Kier molecular flexibility index (Phi) is 2.98. The molecule has 0 spiro atoms. The van der Waals surface area contributed by atoms with Gasteiger partial charge in [-0.25, -0.2) is 4.39 Å². The number of carbonyl (C=O) groups is 1. The molecule has 0 aliphatic carbocycles. The SMILES string of the molecule is O=CNc1cc(Cl)c(F)cc1[N+](=O)[O-]. The van der Waals surface area contributed by atoms with Gasteiger partial charge < -0.3 is 5.32 Å². The molecule has 1 amide bonds. The summed E-state index contributed by atoms with van der Waals surface area (Å²) in [6.07, 6.45) is 0.247. The number of hydrogen-bond acceptors (Lipinski definition) is 3. The fourth-order valence-corrected chi connectivity index (χ4v) is 1.03. The summed E-state index contributed by atoms with van der Waals surface area (Å²) in [4.78, 5) is 19.7. The Morgan fingerprint density at radius 1 is 1.57 bits per heavy atom. The van der Waals surface area contributed by atoms with E-state index >= 15 is 0 Å². The van der Waals surface area contributed by atoms with Crippen LogP contribution < -0.4 is 5.32 Å². The molecule has 0 saturated heterocycles. The lowest BCUT2D eigenvalue weighted by molar-refractivity contribution is -0.384. The van der Waals surface area contributed by atoms with Crippen LogP contribution in [0.25, 0.3) is 0 Å². The Labute approximate surface area is 82.6 Å². The number of nitro groups is 1. The molecule has 0 aliphatic heterocycles. The van der Waals surface area contributed by atoms with Crippen molar-refractivity contribution in [1.29, 1.82) is 0 Å². The molecule has 5 nitrogen and oxygen atoms in total. The minimum absolute atomic E-state index is 0.142. The van der Waals surface area contributed by atoms with Crippen LogP contribution in [0, 0.1) is 15.9 Å². The van der Waals surface area contributed by atoms with Gasteiger partial charge in [-0.05, 0) is 6.07 Å². The van der Waals surface area contributed by atoms with Crippen molar-refractivity contribution in [2.75, 3.05) is 5.32 Å². The molecule has 0 fully saturated rings. The summed E-state index contributed by atoms with van der Waals surface area (Å²) in [5.74, 6) is -0.908. The van der Waals surface area contributed by atoms with Crippen molar-refractivity contribution in [1.82, 2.24) is 0 Å². The lowest BCUT2D eigenvalue weighted by Gasteiger charge is -2.01. The van der Waals surface area contributed by atoms with Crippen LogP contribution in [0.1, 0.15) is 0 Å². The normalized spacial score (nSPS) is 9.57. The van der Waals surface area contributed by atoms with Crippen LogP contribution in [0.15, 0.2) is 12.1 Å². The van der Waals surface area contributed by atoms with Gasteiger partial charge in [-0.1, -0.05) is 11.6 Å². The Morgan fingerprint density at radius 2 is 2.21 bits per heavy atom. The highest BCUT2D eigenvalue weighted by Crippen LogP contribution is 2.29. The minimum Gasteiger partial charge on any atom is -0.323 e. The third-order valence-electron chi connectivity index (χ3n) is 1.45. The molecule has 0 saturated carbocycles. The third kappa shape index (κ3) is 1.97. The van der Waals surface area contributed by atoms with Crippen LogP contribution in [-0.2, 0) is 4.79 Å². The quantitative estimate of drug-likeness (QED) is 0.479. The van der Waals surface area contributed by atoms with Gasteiger partial charge in [0.05, 0.1) is 16.0 Å². The highest BCUT2D eigenvalue weighted by Gasteiger charge is 2.17. The van der Waals surface area contributed by atoms with E-state index in [1.54, 1.807) is 0 Å². The number of hydrogen-bond donors (Lipinski definition) is 1. The van der Waals surface area contributed by atoms with Crippen molar-refractivity contribution in [3.05, 3.63) is 33.1 Å². The molecule has 1 N–H and O–H groups in total. The topological polar surface area (TPSA) is 72.2 Å². The zero-order valence-corrected chi connectivity index (χ0v) is 7.42. The lowest BCUT2D eigenvalue weighted by Crippen LogP contribution is -2.00. The average Bonchev–Trinajstić information content (AvgIpc) is 2.11. The molecule has 0 bridgehead atoms. The standard InChI is InChI=1S/C7H4ClFN2O3/c8-4-1-6(10-3-12)7(11(13)14)2-5(4)9/h1-3H,(H,10,12). The molecule has 1 aromatic rings. The molecule has 74 valence electrons. The van der Waals surface area contributed by atoms with Crippen molar-refractivity contribution >= 4 is 29.4 Å². The molecule has 1 aromatic carbocycles. The first kappa shape index (κ1) is 10.4. The summed E-state index contributed by atoms with van der Waals surface area (Å²) in [6, 6.07) is 1.62. The van der Waals surface area contributed by atoms with E-state index in [-0.39, 0.29) is 17.1 Å². The number of nitrogens with one attached hydrogen (secondary N) is 1. The van der Waals surface area contributed by atoms with E-state index in [1.165, 1.54) is 0 Å². The Balaban J connectivity index is 3.30. The lowest BCUT2D eigenvalue weighted by atomic mass is 10.2. The zero-order valence-electron chi connectivity index (χ0n) is 6.66. The number of benzene rings is 1. The number of rotatable bonds is 3. The maximum atomic E-state index is 12.8. The van der Waals surface area contributed by atoms with Crippen molar-refractivity contribution in [2.45, 2.75) is 0 Å². The van der Waals surface area contributed by atoms with Gasteiger partial charge in [-0.15, -0.1) is 0 Å². The monoisotopic (exact) mass is 218 g/mol. The molecule has 7 heteroatoms. The second kappa shape index (κ2) is 4.01. The predicted molar refractivity (Wildman–Crippen MR) is 47.8 cm³/mol. The van der Waals surface area contributed by atoms with Crippen LogP contribution in [0.5, 0.6) is 0 Å². The van der Waals surface area contributed by atoms with Crippen molar-refractivity contribution < 1.29 is 14.1 Å². The van der Waals surface area contributed by atoms with E-state index in [1.807, 2.05) is 0 Å². The smallest absolute Gasteiger partial charge is 0.295 e. The van der Waals surface area contributed by atoms with E-state index in [9.17, 15) is 19.3 Å². The molecule has 0 aliphatic rings. The number of nitrogens with zero attached hydrogens (tertiary/aromatic N) is 1. The van der Waals surface area contributed by atoms with Gasteiger partial charge in [0.2, 0.25) is 6.41 Å². The molecular formula is C7H4ClFN2O3. The zero-order chi connectivity index (χ0) is 10.7. The van der Waals surface area contributed by atoms with Gasteiger partial charge in [0, 0.05) is 0 Å². The van der Waals surface area contributed by atoms with E-state index in [4.69, 9.17) is 11.6 Å². The molecule has 0 radical (unpaired) electrons. The van der Waals surface area contributed by atoms with Crippen LogP contribution in [0.4, 0.5) is 15.8 Å². The van der Waals surface area contributed by atoms with E-state index in [0.29, 0.717) is 6.07 Å². The number of nitro benzene ring substituents is 1. The van der Waals surface area contributed by atoms with Gasteiger partial charge >= 0.3 is 0 Å². The van der Waals surface area contributed by atoms with Gasteiger partial charge in [0.25, 0.3) is 5.69 Å². The average molecular weight is 219 g/mol. The maximum absolute atomic E-state index is 12.8. The van der Waals surface area contributed by atoms with E-state index in [0.717, 1.165) is 6.07 Å². The summed E-state index contributed by atoms with van der Waals surface area (Å²) in [5.41, 5.74) is -0.685. The molecule has 14 heavy (non-hydrogen) atoms. The summed E-state index contributed by atoms with van der Waals surface area (Å²) < 4.78 is 12.8. The van der Waals surface area contributed by atoms with Crippen molar-refractivity contribution in [3.63, 3.8) is 0 Å². The first-order chi connectivity index (χ1) is 6.56. The number of halogens is 2. The van der Waals surface area contributed by atoms with Crippen LogP contribution >= 0.6 is 11.6 Å². The molecule has 0 atom stereocenters. The molecule has 1 rings (SSSR count). The predicted octanol–water partition coefficient (Wildman–Crippen LogP) is 1.96. The summed E-state index contributed by atoms with van der Waals surface area (Å²) in [7, 11) is 0. The highest BCUT2D eigenvalue weighted by atomic mass is 35.5.